The summed E-state index contributed by atoms with van der Waals surface area (Å²) in [7, 11) is 0. The molecule has 1 fully saturated rings. The van der Waals surface area contributed by atoms with Crippen LogP contribution in [-0.4, -0.2) is 43.6 Å². The quantitative estimate of drug-likeness (QED) is 0.490. The van der Waals surface area contributed by atoms with Gasteiger partial charge in [-0.05, 0) is 56.9 Å². The lowest BCUT2D eigenvalue weighted by atomic mass is 9.94. The highest BCUT2D eigenvalue weighted by atomic mass is 16.5. The number of para-hydroxylation sites is 1. The average Bonchev–Trinajstić information content (AvgIpc) is 3.22. The smallest absolute Gasteiger partial charge is 0.246 e. The molecule has 3 aromatic rings. The fourth-order valence-corrected chi connectivity index (χ4v) is 5.05. The minimum atomic E-state index is 0.0666. The number of nitrogens with zero attached hydrogens (tertiary/aromatic N) is 2. The van der Waals surface area contributed by atoms with Crippen LogP contribution in [0.25, 0.3) is 16.5 Å². The first-order chi connectivity index (χ1) is 16.1. The number of benzene rings is 2. The van der Waals surface area contributed by atoms with E-state index >= 15 is 0 Å². The van der Waals surface area contributed by atoms with Crippen molar-refractivity contribution < 1.29 is 13.9 Å². The first-order valence-corrected chi connectivity index (χ1v) is 12.1. The maximum absolute atomic E-state index is 13.1. The summed E-state index contributed by atoms with van der Waals surface area (Å²) in [6.45, 7) is 7.71. The van der Waals surface area contributed by atoms with Crippen LogP contribution in [0.15, 0.2) is 53.0 Å². The Balaban J connectivity index is 1.37. The molecule has 2 aliphatic rings. The van der Waals surface area contributed by atoms with Crippen molar-refractivity contribution in [2.24, 2.45) is 0 Å². The zero-order chi connectivity index (χ0) is 22.8. The van der Waals surface area contributed by atoms with Gasteiger partial charge >= 0.3 is 0 Å². The number of aryl methyl sites for hydroxylation is 2. The number of carbonyl (C=O) groups is 1. The van der Waals surface area contributed by atoms with E-state index in [2.05, 4.69) is 35.2 Å². The molecule has 1 aromatic heterocycles. The van der Waals surface area contributed by atoms with E-state index in [9.17, 15) is 4.79 Å². The van der Waals surface area contributed by atoms with Crippen molar-refractivity contribution in [3.63, 3.8) is 0 Å². The van der Waals surface area contributed by atoms with Crippen molar-refractivity contribution in [2.45, 2.75) is 39.5 Å². The lowest BCUT2D eigenvalue weighted by Crippen LogP contribution is -2.48. The fraction of sp³-hybridized carbons (Fsp3) is 0.393. The molecule has 5 rings (SSSR count). The number of fused-ring (bicyclic) bond motifs is 3. The number of piperazine rings is 1. The van der Waals surface area contributed by atoms with Gasteiger partial charge in [-0.3, -0.25) is 4.79 Å². The Hall–Kier alpha value is -3.21. The number of allylic oxidation sites excluding steroid dienone is 1. The van der Waals surface area contributed by atoms with Gasteiger partial charge in [0.1, 0.15) is 17.1 Å². The number of amides is 1. The van der Waals surface area contributed by atoms with Crippen molar-refractivity contribution in [3.05, 3.63) is 65.4 Å². The van der Waals surface area contributed by atoms with E-state index in [0.29, 0.717) is 6.61 Å². The molecule has 2 aromatic carbocycles. The lowest BCUT2D eigenvalue weighted by molar-refractivity contribution is -0.126. The molecule has 0 radical (unpaired) electrons. The van der Waals surface area contributed by atoms with E-state index in [4.69, 9.17) is 9.15 Å². The van der Waals surface area contributed by atoms with E-state index in [-0.39, 0.29) is 5.91 Å². The molecular weight excluding hydrogens is 412 g/mol. The molecule has 1 aliphatic carbocycles. The molecule has 172 valence electrons. The van der Waals surface area contributed by atoms with Crippen LogP contribution in [-0.2, 0) is 17.6 Å². The highest BCUT2D eigenvalue weighted by Gasteiger charge is 2.23. The molecule has 0 unspecified atom stereocenters. The third-order valence-corrected chi connectivity index (χ3v) is 6.83. The van der Waals surface area contributed by atoms with Gasteiger partial charge < -0.3 is 19.0 Å². The first-order valence-electron chi connectivity index (χ1n) is 12.1. The molecule has 1 aliphatic heterocycles. The summed E-state index contributed by atoms with van der Waals surface area (Å²) < 4.78 is 12.1. The highest BCUT2D eigenvalue weighted by molar-refractivity contribution is 5.97. The fourth-order valence-electron chi connectivity index (χ4n) is 5.05. The topological polar surface area (TPSA) is 45.9 Å². The van der Waals surface area contributed by atoms with Gasteiger partial charge in [-0.15, -0.1) is 0 Å². The summed E-state index contributed by atoms with van der Waals surface area (Å²) in [5.74, 6) is 1.97. The monoisotopic (exact) mass is 444 g/mol. The molecule has 5 heteroatoms. The zero-order valence-electron chi connectivity index (χ0n) is 19.6. The van der Waals surface area contributed by atoms with Crippen LogP contribution >= 0.6 is 0 Å². The summed E-state index contributed by atoms with van der Waals surface area (Å²) >= 11 is 0. The molecular formula is C28H32N2O3. The van der Waals surface area contributed by atoms with Gasteiger partial charge in [0.15, 0.2) is 0 Å². The summed E-state index contributed by atoms with van der Waals surface area (Å²) in [5.41, 5.74) is 5.35. The van der Waals surface area contributed by atoms with Gasteiger partial charge in [0.2, 0.25) is 5.91 Å². The molecule has 0 bridgehead atoms. The molecule has 2 heterocycles. The Bertz CT molecular complexity index is 1170. The Morgan fingerprint density at radius 3 is 2.58 bits per heavy atom. The predicted octanol–water partition coefficient (Wildman–Crippen LogP) is 5.46. The summed E-state index contributed by atoms with van der Waals surface area (Å²) in [6, 6.07) is 14.6. The van der Waals surface area contributed by atoms with Crippen LogP contribution in [0.5, 0.6) is 5.75 Å². The largest absolute Gasteiger partial charge is 0.493 e. The molecule has 0 N–H and O–H groups in total. The molecule has 0 spiro atoms. The van der Waals surface area contributed by atoms with Gasteiger partial charge in [0.25, 0.3) is 0 Å². The van der Waals surface area contributed by atoms with Crippen LogP contribution in [0.2, 0.25) is 0 Å². The maximum atomic E-state index is 13.1. The molecule has 0 saturated carbocycles. The Morgan fingerprint density at radius 2 is 1.82 bits per heavy atom. The van der Waals surface area contributed by atoms with Crippen molar-refractivity contribution in [1.29, 1.82) is 0 Å². The number of furan rings is 1. The molecule has 1 saturated heterocycles. The van der Waals surface area contributed by atoms with Crippen LogP contribution in [0, 0.1) is 0 Å². The van der Waals surface area contributed by atoms with Crippen LogP contribution < -0.4 is 9.64 Å². The number of ether oxygens (including phenoxy) is 1. The van der Waals surface area contributed by atoms with Crippen LogP contribution in [0.4, 0.5) is 5.69 Å². The summed E-state index contributed by atoms with van der Waals surface area (Å²) in [5, 5.41) is 1.17. The minimum absolute atomic E-state index is 0.0666. The van der Waals surface area contributed by atoms with Crippen molar-refractivity contribution in [2.75, 3.05) is 37.7 Å². The van der Waals surface area contributed by atoms with Gasteiger partial charge in [-0.25, -0.2) is 0 Å². The maximum Gasteiger partial charge on any atom is 0.246 e. The van der Waals surface area contributed by atoms with E-state index in [0.717, 1.165) is 67.3 Å². The second kappa shape index (κ2) is 9.34. The van der Waals surface area contributed by atoms with Gasteiger partial charge in [-0.2, -0.15) is 0 Å². The highest BCUT2D eigenvalue weighted by Crippen LogP contribution is 2.38. The third kappa shape index (κ3) is 4.37. The number of carbonyl (C=O) groups excluding carboxylic acids is 1. The zero-order valence-corrected chi connectivity index (χ0v) is 19.6. The second-order valence-electron chi connectivity index (χ2n) is 8.96. The van der Waals surface area contributed by atoms with Gasteiger partial charge in [0, 0.05) is 66.9 Å². The third-order valence-electron chi connectivity index (χ3n) is 6.83. The predicted molar refractivity (Wildman–Crippen MR) is 133 cm³/mol. The van der Waals surface area contributed by atoms with E-state index in [1.807, 2.05) is 30.9 Å². The molecule has 0 atom stereocenters. The normalized spacial score (nSPS) is 16.7. The molecule has 33 heavy (non-hydrogen) atoms. The first kappa shape index (κ1) is 21.6. The number of hydrogen-bond acceptors (Lipinski definition) is 4. The number of anilines is 1. The standard InChI is InChI=1S/C28H32N2O3/c1-3-32-26-19-27-24(22-11-7-8-12-25(22)33-27)18-23(26)20(2)17-28(31)30-15-13-29(14-16-30)21-9-5-4-6-10-21/h4-6,9-10,17-19H,3,7-8,11-16H2,1-2H3/b20-17+. The average molecular weight is 445 g/mol. The molecule has 1 amide bonds. The van der Waals surface area contributed by atoms with Crippen LogP contribution in [0.1, 0.15) is 43.6 Å². The van der Waals surface area contributed by atoms with E-state index < -0.39 is 0 Å². The van der Waals surface area contributed by atoms with Crippen LogP contribution in [0.3, 0.4) is 0 Å². The minimum Gasteiger partial charge on any atom is -0.493 e. The number of rotatable bonds is 5. The van der Waals surface area contributed by atoms with E-state index in [1.54, 1.807) is 6.08 Å². The summed E-state index contributed by atoms with van der Waals surface area (Å²) in [4.78, 5) is 17.4. The molecule has 5 nitrogen and oxygen atoms in total. The van der Waals surface area contributed by atoms with Gasteiger partial charge in [-0.1, -0.05) is 18.2 Å². The second-order valence-corrected chi connectivity index (χ2v) is 8.96. The SMILES string of the molecule is CCOc1cc2oc3c(c2cc1/C(C)=C/C(=O)N1CCN(c2ccccc2)CC1)CCCC3. The number of hydrogen-bond donors (Lipinski definition) is 0. The lowest BCUT2D eigenvalue weighted by Gasteiger charge is -2.35. The van der Waals surface area contributed by atoms with E-state index in [1.165, 1.54) is 29.5 Å². The Labute approximate surface area is 195 Å². The van der Waals surface area contributed by atoms with Crippen molar-refractivity contribution in [3.8, 4) is 5.75 Å². The van der Waals surface area contributed by atoms with Crippen molar-refractivity contribution in [1.82, 2.24) is 4.90 Å². The summed E-state index contributed by atoms with van der Waals surface area (Å²) in [6.07, 6.45) is 6.22. The van der Waals surface area contributed by atoms with Crippen molar-refractivity contribution >= 4 is 28.1 Å². The Kier molecular flexibility index (Phi) is 6.12. The Morgan fingerprint density at radius 1 is 1.06 bits per heavy atom. The van der Waals surface area contributed by atoms with Gasteiger partial charge in [0.05, 0.1) is 6.61 Å².